The first-order chi connectivity index (χ1) is 12.0. The third-order valence-electron chi connectivity index (χ3n) is 4.12. The monoisotopic (exact) mass is 391 g/mol. The van der Waals surface area contributed by atoms with Crippen LogP contribution in [0.15, 0.2) is 24.3 Å². The van der Waals surface area contributed by atoms with E-state index < -0.39 is 34.9 Å². The quantitative estimate of drug-likeness (QED) is 0.533. The molecule has 0 radical (unpaired) electrons. The summed E-state index contributed by atoms with van der Waals surface area (Å²) in [4.78, 5) is 14.1. The molecule has 1 fully saturated rings. The first-order valence-corrected chi connectivity index (χ1v) is 8.23. The minimum Gasteiger partial charge on any atom is -0.466 e. The number of hydrogen-bond acceptors (Lipinski definition) is 5. The number of nitrogens with zero attached hydrogens (tertiary/aromatic N) is 1. The van der Waals surface area contributed by atoms with Crippen molar-refractivity contribution in [2.75, 3.05) is 25.6 Å². The van der Waals surface area contributed by atoms with E-state index >= 15 is 0 Å². The maximum Gasteiger partial charge on any atom is 0.437 e. The van der Waals surface area contributed by atoms with Crippen LogP contribution in [0.1, 0.15) is 18.5 Å². The van der Waals surface area contributed by atoms with E-state index in [0.29, 0.717) is 5.56 Å². The molecule has 0 spiro atoms. The number of ether oxygens (including phenoxy) is 1. The van der Waals surface area contributed by atoms with Crippen LogP contribution in [0.4, 0.5) is 18.9 Å². The van der Waals surface area contributed by atoms with Gasteiger partial charge >= 0.3 is 12.1 Å². The Morgan fingerprint density at radius 2 is 1.92 bits per heavy atom. The molecule has 0 saturated carbocycles. The maximum absolute atomic E-state index is 13.6. The fourth-order valence-electron chi connectivity index (χ4n) is 2.79. The molecule has 6 nitrogen and oxygen atoms in total. The number of rotatable bonds is 4. The summed E-state index contributed by atoms with van der Waals surface area (Å²) < 4.78 is 45.6. The molecule has 0 aromatic heterocycles. The summed E-state index contributed by atoms with van der Waals surface area (Å²) in [6.45, 7) is 1.35. The predicted molar refractivity (Wildman–Crippen MR) is 93.5 cm³/mol. The molecule has 26 heavy (non-hydrogen) atoms. The second kappa shape index (κ2) is 7.28. The third kappa shape index (κ3) is 3.70. The van der Waals surface area contributed by atoms with Gasteiger partial charge in [0.2, 0.25) is 0 Å². The largest absolute Gasteiger partial charge is 0.466 e. The van der Waals surface area contributed by atoms with Crippen molar-refractivity contribution >= 4 is 29.0 Å². The average Bonchev–Trinajstić information content (AvgIpc) is 2.53. The molecule has 1 aromatic carbocycles. The van der Waals surface area contributed by atoms with E-state index in [1.807, 2.05) is 19.0 Å². The van der Waals surface area contributed by atoms with Crippen LogP contribution in [0.2, 0.25) is 0 Å². The lowest BCUT2D eigenvalue weighted by molar-refractivity contribution is -0.292. The molecule has 1 aromatic rings. The first-order valence-electron chi connectivity index (χ1n) is 7.83. The second-order valence-corrected chi connectivity index (χ2v) is 6.46. The van der Waals surface area contributed by atoms with Crippen molar-refractivity contribution in [2.45, 2.75) is 24.9 Å². The van der Waals surface area contributed by atoms with Crippen molar-refractivity contribution in [3.63, 3.8) is 0 Å². The summed E-state index contributed by atoms with van der Waals surface area (Å²) in [7, 11) is 3.63. The zero-order valence-corrected chi connectivity index (χ0v) is 15.2. The van der Waals surface area contributed by atoms with Gasteiger partial charge in [-0.2, -0.15) is 13.2 Å². The minimum atomic E-state index is -5.15. The lowest BCUT2D eigenvalue weighted by Crippen LogP contribution is -2.73. The number of carbonyl (C=O) groups excluding carboxylic acids is 1. The van der Waals surface area contributed by atoms with Crippen LogP contribution >= 0.6 is 12.2 Å². The van der Waals surface area contributed by atoms with Crippen LogP contribution < -0.4 is 15.5 Å². The Kier molecular flexibility index (Phi) is 5.67. The minimum absolute atomic E-state index is 0.125. The van der Waals surface area contributed by atoms with Crippen LogP contribution in [0.5, 0.6) is 0 Å². The number of aliphatic hydroxyl groups is 1. The van der Waals surface area contributed by atoms with Gasteiger partial charge in [-0.25, -0.2) is 0 Å². The number of alkyl halides is 3. The number of benzene rings is 1. The fourth-order valence-corrected chi connectivity index (χ4v) is 3.08. The summed E-state index contributed by atoms with van der Waals surface area (Å²) in [5, 5.41) is 14.4. The Balaban J connectivity index is 2.52. The van der Waals surface area contributed by atoms with Gasteiger partial charge in [-0.3, -0.25) is 4.79 Å². The highest BCUT2D eigenvalue weighted by molar-refractivity contribution is 7.80. The summed E-state index contributed by atoms with van der Waals surface area (Å²) in [6, 6.07) is 5.31. The van der Waals surface area contributed by atoms with Crippen molar-refractivity contribution in [3.8, 4) is 0 Å². The van der Waals surface area contributed by atoms with Gasteiger partial charge < -0.3 is 25.4 Å². The molecule has 10 heteroatoms. The van der Waals surface area contributed by atoms with Gasteiger partial charge in [-0.05, 0) is 36.8 Å². The second-order valence-electron chi connectivity index (χ2n) is 6.06. The van der Waals surface area contributed by atoms with E-state index in [4.69, 9.17) is 17.0 Å². The Morgan fingerprint density at radius 1 is 1.35 bits per heavy atom. The van der Waals surface area contributed by atoms with E-state index in [0.717, 1.165) is 5.69 Å². The van der Waals surface area contributed by atoms with Crippen LogP contribution in [-0.2, 0) is 9.53 Å². The highest BCUT2D eigenvalue weighted by atomic mass is 32.1. The van der Waals surface area contributed by atoms with E-state index in [-0.39, 0.29) is 6.61 Å². The first kappa shape index (κ1) is 20.2. The van der Waals surface area contributed by atoms with Gasteiger partial charge in [0.1, 0.15) is 5.92 Å². The molecule has 1 saturated heterocycles. The lowest BCUT2D eigenvalue weighted by Gasteiger charge is -2.45. The number of anilines is 1. The fraction of sp³-hybridized carbons (Fsp3) is 0.500. The summed E-state index contributed by atoms with van der Waals surface area (Å²) in [6.07, 6.45) is -5.15. The van der Waals surface area contributed by atoms with Gasteiger partial charge in [0.15, 0.2) is 5.11 Å². The summed E-state index contributed by atoms with van der Waals surface area (Å²) >= 11 is 4.83. The molecule has 1 aliphatic heterocycles. The van der Waals surface area contributed by atoms with E-state index in [2.05, 4.69) is 5.32 Å². The number of thiocarbonyl (C=S) groups is 1. The highest BCUT2D eigenvalue weighted by Gasteiger charge is 2.66. The summed E-state index contributed by atoms with van der Waals surface area (Å²) in [5.74, 6) is -3.17. The topological polar surface area (TPSA) is 73.8 Å². The molecule has 144 valence electrons. The van der Waals surface area contributed by atoms with Gasteiger partial charge in [0.25, 0.3) is 5.72 Å². The van der Waals surface area contributed by atoms with Crippen molar-refractivity contribution in [2.24, 2.45) is 5.92 Å². The van der Waals surface area contributed by atoms with Crippen LogP contribution in [0, 0.1) is 5.92 Å². The van der Waals surface area contributed by atoms with Crippen molar-refractivity contribution in [3.05, 3.63) is 29.8 Å². The zero-order chi connectivity index (χ0) is 19.7. The van der Waals surface area contributed by atoms with E-state index in [9.17, 15) is 23.1 Å². The van der Waals surface area contributed by atoms with Gasteiger partial charge in [0.05, 0.1) is 12.6 Å². The zero-order valence-electron chi connectivity index (χ0n) is 14.4. The number of hydrogen-bond donors (Lipinski definition) is 3. The molecular weight excluding hydrogens is 371 g/mol. The number of esters is 1. The average molecular weight is 391 g/mol. The van der Waals surface area contributed by atoms with Crippen LogP contribution in [-0.4, -0.2) is 48.8 Å². The molecule has 1 aliphatic rings. The molecular formula is C16H20F3N3O3S. The van der Waals surface area contributed by atoms with Crippen LogP contribution in [0.25, 0.3) is 0 Å². The molecule has 3 N–H and O–H groups in total. The highest BCUT2D eigenvalue weighted by Crippen LogP contribution is 2.43. The lowest BCUT2D eigenvalue weighted by atomic mass is 9.82. The molecule has 0 bridgehead atoms. The van der Waals surface area contributed by atoms with Crippen LogP contribution in [0.3, 0.4) is 0 Å². The Morgan fingerprint density at radius 3 is 2.38 bits per heavy atom. The number of nitrogens with one attached hydrogen (secondary N) is 2. The third-order valence-corrected chi connectivity index (χ3v) is 4.34. The van der Waals surface area contributed by atoms with Crippen molar-refractivity contribution in [1.82, 2.24) is 10.6 Å². The maximum atomic E-state index is 13.6. The SMILES string of the molecule is CCOC(=O)[C@H]1[C@@H](c2ccc(N(C)C)cc2)NC(=S)N[C@]1(O)C(F)(F)F. The number of carbonyl (C=O) groups is 1. The molecule has 2 rings (SSSR count). The molecule has 1 heterocycles. The normalized spacial score (nSPS) is 25.9. The molecule has 3 atom stereocenters. The smallest absolute Gasteiger partial charge is 0.437 e. The predicted octanol–water partition coefficient (Wildman–Crippen LogP) is 1.70. The van der Waals surface area contributed by atoms with E-state index in [1.54, 1.807) is 29.6 Å². The number of halogens is 3. The molecule has 0 aliphatic carbocycles. The molecule has 0 amide bonds. The van der Waals surface area contributed by atoms with Crippen molar-refractivity contribution in [1.29, 1.82) is 0 Å². The Labute approximate surface area is 154 Å². The molecule has 0 unspecified atom stereocenters. The van der Waals surface area contributed by atoms with E-state index in [1.165, 1.54) is 6.92 Å². The van der Waals surface area contributed by atoms with Gasteiger partial charge in [-0.15, -0.1) is 0 Å². The van der Waals surface area contributed by atoms with Gasteiger partial charge in [0, 0.05) is 19.8 Å². The Bertz CT molecular complexity index is 682. The van der Waals surface area contributed by atoms with Gasteiger partial charge in [-0.1, -0.05) is 12.1 Å². The Hall–Kier alpha value is -2.07. The van der Waals surface area contributed by atoms with Crippen molar-refractivity contribution < 1.29 is 27.8 Å². The standard InChI is InChI=1S/C16H20F3N3O3S/c1-4-25-13(23)11-12(9-5-7-10(8-6-9)22(2)3)20-14(26)21-15(11,24)16(17,18)19/h5-8,11-12,24H,4H2,1-3H3,(H2,20,21,26)/t11-,12-,15-/m1/s1. The summed E-state index contributed by atoms with van der Waals surface area (Å²) in [5.41, 5.74) is -2.36.